The van der Waals surface area contributed by atoms with Crippen LogP contribution in [0.1, 0.15) is 25.8 Å². The van der Waals surface area contributed by atoms with Gasteiger partial charge in [0.25, 0.3) is 0 Å². The van der Waals surface area contributed by atoms with E-state index in [1.807, 2.05) is 44.2 Å². The highest BCUT2D eigenvalue weighted by Crippen LogP contribution is 2.38. The summed E-state index contributed by atoms with van der Waals surface area (Å²) in [6.45, 7) is 8.18. The Labute approximate surface area is 114 Å². The fraction of sp³-hybridized carbons (Fsp3) is 0.438. The number of hydrogen-bond acceptors (Lipinski definition) is 3. The van der Waals surface area contributed by atoms with Crippen molar-refractivity contribution >= 4 is 5.97 Å². The van der Waals surface area contributed by atoms with E-state index in [1.54, 1.807) is 6.08 Å². The standard InChI is InChI=1S/C16H20O3/c1-4-16(5-2)12(3)14(15(17)19-16)18-11-13-9-7-6-8-10-13/h4,6-10,12,14H,1,5,11H2,2-3H3/t12-,14+,16+/m0/s1. The van der Waals surface area contributed by atoms with Crippen molar-refractivity contribution in [1.82, 2.24) is 0 Å². The van der Waals surface area contributed by atoms with Crippen LogP contribution in [0.5, 0.6) is 0 Å². The van der Waals surface area contributed by atoms with Crippen molar-refractivity contribution in [2.75, 3.05) is 0 Å². The summed E-state index contributed by atoms with van der Waals surface area (Å²) in [4.78, 5) is 11.9. The van der Waals surface area contributed by atoms with Crippen molar-refractivity contribution in [1.29, 1.82) is 0 Å². The number of hydrogen-bond donors (Lipinski definition) is 0. The van der Waals surface area contributed by atoms with Crippen LogP contribution in [0.25, 0.3) is 0 Å². The van der Waals surface area contributed by atoms with Crippen LogP contribution < -0.4 is 0 Å². The fourth-order valence-electron chi connectivity index (χ4n) is 2.54. The lowest BCUT2D eigenvalue weighted by Crippen LogP contribution is -2.34. The van der Waals surface area contributed by atoms with Crippen LogP contribution in [-0.2, 0) is 20.9 Å². The Morgan fingerprint density at radius 3 is 2.63 bits per heavy atom. The molecule has 1 fully saturated rings. The first-order chi connectivity index (χ1) is 9.13. The molecule has 0 bridgehead atoms. The lowest BCUT2D eigenvalue weighted by Gasteiger charge is -2.27. The molecule has 3 atom stereocenters. The summed E-state index contributed by atoms with van der Waals surface area (Å²) in [5.74, 6) is -0.309. The summed E-state index contributed by atoms with van der Waals surface area (Å²) in [5.41, 5.74) is 0.466. The molecule has 0 aliphatic carbocycles. The normalized spacial score (nSPS) is 30.1. The van der Waals surface area contributed by atoms with E-state index in [4.69, 9.17) is 9.47 Å². The van der Waals surface area contributed by atoms with Crippen LogP contribution in [0.2, 0.25) is 0 Å². The smallest absolute Gasteiger partial charge is 0.336 e. The van der Waals surface area contributed by atoms with E-state index in [1.165, 1.54) is 0 Å². The number of cyclic esters (lactones) is 1. The number of rotatable bonds is 5. The van der Waals surface area contributed by atoms with E-state index in [9.17, 15) is 4.79 Å². The zero-order chi connectivity index (χ0) is 13.9. The lowest BCUT2D eigenvalue weighted by molar-refractivity contribution is -0.153. The Balaban J connectivity index is 2.05. The van der Waals surface area contributed by atoms with Gasteiger partial charge >= 0.3 is 5.97 Å². The van der Waals surface area contributed by atoms with E-state index in [-0.39, 0.29) is 11.9 Å². The predicted molar refractivity (Wildman–Crippen MR) is 73.5 cm³/mol. The molecule has 102 valence electrons. The second-order valence-corrected chi connectivity index (χ2v) is 4.94. The third-order valence-corrected chi connectivity index (χ3v) is 3.92. The number of ether oxygens (including phenoxy) is 2. The van der Waals surface area contributed by atoms with E-state index >= 15 is 0 Å². The van der Waals surface area contributed by atoms with E-state index < -0.39 is 11.7 Å². The van der Waals surface area contributed by atoms with Gasteiger partial charge in [-0.15, -0.1) is 0 Å². The molecule has 1 saturated heterocycles. The summed E-state index contributed by atoms with van der Waals surface area (Å²) < 4.78 is 11.2. The zero-order valence-corrected chi connectivity index (χ0v) is 11.5. The van der Waals surface area contributed by atoms with Gasteiger partial charge < -0.3 is 9.47 Å². The molecule has 3 heteroatoms. The highest BCUT2D eigenvalue weighted by atomic mass is 16.6. The Kier molecular flexibility index (Phi) is 4.05. The Morgan fingerprint density at radius 2 is 2.11 bits per heavy atom. The van der Waals surface area contributed by atoms with Crippen molar-refractivity contribution in [3.63, 3.8) is 0 Å². The molecule has 0 unspecified atom stereocenters. The highest BCUT2D eigenvalue weighted by molar-refractivity contribution is 5.78. The Morgan fingerprint density at radius 1 is 1.42 bits per heavy atom. The van der Waals surface area contributed by atoms with Crippen molar-refractivity contribution in [3.8, 4) is 0 Å². The molecule has 1 aliphatic rings. The average Bonchev–Trinajstić information content (AvgIpc) is 2.69. The summed E-state index contributed by atoms with van der Waals surface area (Å²) >= 11 is 0. The predicted octanol–water partition coefficient (Wildman–Crippen LogP) is 3.10. The number of esters is 1. The topological polar surface area (TPSA) is 35.5 Å². The quantitative estimate of drug-likeness (QED) is 0.603. The van der Waals surface area contributed by atoms with Gasteiger partial charge in [0.2, 0.25) is 0 Å². The molecule has 19 heavy (non-hydrogen) atoms. The molecule has 0 amide bonds. The van der Waals surface area contributed by atoms with Crippen LogP contribution in [0.4, 0.5) is 0 Å². The maximum Gasteiger partial charge on any atom is 0.336 e. The molecular weight excluding hydrogens is 240 g/mol. The van der Waals surface area contributed by atoms with Crippen LogP contribution in [0, 0.1) is 5.92 Å². The molecule has 1 aliphatic heterocycles. The Hall–Kier alpha value is -1.61. The molecule has 0 spiro atoms. The van der Waals surface area contributed by atoms with E-state index in [0.29, 0.717) is 13.0 Å². The number of carbonyl (C=O) groups excluding carboxylic acids is 1. The summed E-state index contributed by atoms with van der Waals surface area (Å²) in [6, 6.07) is 9.82. The van der Waals surface area contributed by atoms with E-state index in [2.05, 4.69) is 6.58 Å². The first-order valence-corrected chi connectivity index (χ1v) is 6.65. The minimum Gasteiger partial charge on any atom is -0.452 e. The van der Waals surface area contributed by atoms with Gasteiger partial charge in [-0.2, -0.15) is 0 Å². The van der Waals surface area contributed by atoms with Gasteiger partial charge in [0.05, 0.1) is 6.61 Å². The third-order valence-electron chi connectivity index (χ3n) is 3.92. The second kappa shape index (κ2) is 5.57. The van der Waals surface area contributed by atoms with Crippen LogP contribution in [-0.4, -0.2) is 17.7 Å². The molecule has 0 aromatic heterocycles. The van der Waals surface area contributed by atoms with Crippen molar-refractivity contribution in [3.05, 3.63) is 48.6 Å². The lowest BCUT2D eigenvalue weighted by atomic mass is 9.85. The summed E-state index contributed by atoms with van der Waals surface area (Å²) in [5, 5.41) is 0. The molecule has 1 aromatic rings. The van der Waals surface area contributed by atoms with E-state index in [0.717, 1.165) is 5.56 Å². The monoisotopic (exact) mass is 260 g/mol. The van der Waals surface area contributed by atoms with Gasteiger partial charge in [0, 0.05) is 5.92 Å². The minimum absolute atomic E-state index is 0.0220. The first kappa shape index (κ1) is 13.8. The average molecular weight is 260 g/mol. The van der Waals surface area contributed by atoms with Gasteiger partial charge in [0.15, 0.2) is 6.10 Å². The largest absolute Gasteiger partial charge is 0.452 e. The van der Waals surface area contributed by atoms with Crippen molar-refractivity contribution in [2.45, 2.75) is 38.6 Å². The van der Waals surface area contributed by atoms with Crippen LogP contribution in [0.15, 0.2) is 43.0 Å². The number of carbonyl (C=O) groups is 1. The minimum atomic E-state index is -0.585. The van der Waals surface area contributed by atoms with Crippen molar-refractivity contribution in [2.24, 2.45) is 5.92 Å². The molecule has 0 saturated carbocycles. The van der Waals surface area contributed by atoms with Crippen LogP contribution in [0.3, 0.4) is 0 Å². The molecule has 1 heterocycles. The zero-order valence-electron chi connectivity index (χ0n) is 11.5. The highest BCUT2D eigenvalue weighted by Gasteiger charge is 2.51. The maximum absolute atomic E-state index is 11.9. The van der Waals surface area contributed by atoms with Gasteiger partial charge in [-0.05, 0) is 18.1 Å². The molecule has 1 aromatic carbocycles. The molecule has 0 radical (unpaired) electrons. The van der Waals surface area contributed by atoms with Gasteiger partial charge in [0.1, 0.15) is 5.60 Å². The SMILES string of the molecule is C=C[C@]1(CC)OC(=O)[C@H](OCc2ccccc2)[C@@H]1C. The molecule has 2 rings (SSSR count). The van der Waals surface area contributed by atoms with Gasteiger partial charge in [-0.3, -0.25) is 0 Å². The van der Waals surface area contributed by atoms with Gasteiger partial charge in [-0.25, -0.2) is 4.79 Å². The second-order valence-electron chi connectivity index (χ2n) is 4.94. The van der Waals surface area contributed by atoms with Crippen LogP contribution >= 0.6 is 0 Å². The Bertz CT molecular complexity index is 454. The molecule has 0 N–H and O–H groups in total. The third kappa shape index (κ3) is 2.56. The summed E-state index contributed by atoms with van der Waals surface area (Å²) in [6.07, 6.45) is 1.92. The summed E-state index contributed by atoms with van der Waals surface area (Å²) in [7, 11) is 0. The number of benzene rings is 1. The maximum atomic E-state index is 11.9. The molecular formula is C16H20O3. The van der Waals surface area contributed by atoms with Crippen molar-refractivity contribution < 1.29 is 14.3 Å². The molecule has 3 nitrogen and oxygen atoms in total. The fourth-order valence-corrected chi connectivity index (χ4v) is 2.54. The van der Waals surface area contributed by atoms with Gasteiger partial charge in [-0.1, -0.05) is 50.8 Å². The first-order valence-electron chi connectivity index (χ1n) is 6.65.